The summed E-state index contributed by atoms with van der Waals surface area (Å²) in [6.45, 7) is 3.03. The molecule has 1 atom stereocenters. The highest BCUT2D eigenvalue weighted by Crippen LogP contribution is 2.24. The number of sulfonamides is 1. The molecule has 7 heteroatoms. The van der Waals surface area contributed by atoms with E-state index in [2.05, 4.69) is 10.0 Å². The average molecular weight is 316 g/mol. The van der Waals surface area contributed by atoms with E-state index in [1.54, 1.807) is 7.05 Å². The lowest BCUT2D eigenvalue weighted by Crippen LogP contribution is -2.40. The molecule has 0 bridgehead atoms. The molecule has 2 rings (SSSR count). The molecule has 118 valence electrons. The number of halogens is 1. The van der Waals surface area contributed by atoms with Crippen molar-refractivity contribution in [2.45, 2.75) is 36.8 Å². The van der Waals surface area contributed by atoms with Gasteiger partial charge in [-0.25, -0.2) is 17.5 Å². The summed E-state index contributed by atoms with van der Waals surface area (Å²) in [5.74, 6) is -0.422. The number of rotatable bonds is 6. The lowest BCUT2D eigenvalue weighted by atomic mass is 10.0. The highest BCUT2D eigenvalue weighted by molar-refractivity contribution is 7.89. The summed E-state index contributed by atoms with van der Waals surface area (Å²) in [6, 6.07) is 3.80. The Balaban J connectivity index is 2.13. The SMILES string of the molecule is CNCc1cc(S(=O)(=O)NCC2(C)CCCO2)ccc1F. The topological polar surface area (TPSA) is 67.4 Å². The van der Waals surface area contributed by atoms with Crippen LogP contribution in [0.3, 0.4) is 0 Å². The standard InChI is InChI=1S/C14H21FN2O3S/c1-14(6-3-7-20-14)10-17-21(18,19)12-4-5-13(15)11(8-12)9-16-2/h4-5,8,16-17H,3,6-7,9-10H2,1-2H3. The van der Waals surface area contributed by atoms with Crippen LogP contribution in [0.1, 0.15) is 25.3 Å². The van der Waals surface area contributed by atoms with Gasteiger partial charge in [-0.3, -0.25) is 0 Å². The van der Waals surface area contributed by atoms with Crippen molar-refractivity contribution in [3.63, 3.8) is 0 Å². The molecule has 1 unspecified atom stereocenters. The number of benzene rings is 1. The van der Waals surface area contributed by atoms with Crippen molar-refractivity contribution in [3.05, 3.63) is 29.6 Å². The van der Waals surface area contributed by atoms with Gasteiger partial charge >= 0.3 is 0 Å². The molecule has 0 amide bonds. The molecule has 1 heterocycles. The fraction of sp³-hybridized carbons (Fsp3) is 0.571. The van der Waals surface area contributed by atoms with Gasteiger partial charge < -0.3 is 10.1 Å². The maximum absolute atomic E-state index is 13.6. The summed E-state index contributed by atoms with van der Waals surface area (Å²) < 4.78 is 46.2. The number of nitrogens with one attached hydrogen (secondary N) is 2. The van der Waals surface area contributed by atoms with Crippen molar-refractivity contribution in [3.8, 4) is 0 Å². The third-order valence-corrected chi connectivity index (χ3v) is 5.03. The molecular weight excluding hydrogens is 295 g/mol. The van der Waals surface area contributed by atoms with Crippen molar-refractivity contribution in [1.29, 1.82) is 0 Å². The van der Waals surface area contributed by atoms with Crippen molar-refractivity contribution < 1.29 is 17.5 Å². The Kier molecular flexibility index (Phi) is 4.98. The molecule has 0 aromatic heterocycles. The average Bonchev–Trinajstić information content (AvgIpc) is 2.87. The van der Waals surface area contributed by atoms with Crippen LogP contribution in [0.5, 0.6) is 0 Å². The Morgan fingerprint density at radius 2 is 2.19 bits per heavy atom. The molecule has 5 nitrogen and oxygen atoms in total. The molecule has 1 aromatic carbocycles. The van der Waals surface area contributed by atoms with E-state index in [0.29, 0.717) is 12.2 Å². The van der Waals surface area contributed by atoms with Gasteiger partial charge in [0.1, 0.15) is 5.82 Å². The van der Waals surface area contributed by atoms with E-state index in [1.807, 2.05) is 6.92 Å². The molecule has 2 N–H and O–H groups in total. The Labute approximate surface area is 124 Å². The Morgan fingerprint density at radius 1 is 1.43 bits per heavy atom. The number of hydrogen-bond donors (Lipinski definition) is 2. The van der Waals surface area contributed by atoms with Crippen molar-refractivity contribution in [2.75, 3.05) is 20.2 Å². The Hall–Kier alpha value is -1.02. The van der Waals surface area contributed by atoms with Crippen molar-refractivity contribution in [2.24, 2.45) is 0 Å². The van der Waals surface area contributed by atoms with Crippen LogP contribution in [0.15, 0.2) is 23.1 Å². The van der Waals surface area contributed by atoms with Gasteiger partial charge in [0, 0.05) is 25.3 Å². The smallest absolute Gasteiger partial charge is 0.240 e. The molecular formula is C14H21FN2O3S. The maximum Gasteiger partial charge on any atom is 0.240 e. The molecule has 21 heavy (non-hydrogen) atoms. The largest absolute Gasteiger partial charge is 0.374 e. The number of hydrogen-bond acceptors (Lipinski definition) is 4. The summed E-state index contributed by atoms with van der Waals surface area (Å²) in [4.78, 5) is 0.0655. The minimum atomic E-state index is -3.67. The van der Waals surface area contributed by atoms with Crippen LogP contribution in [-0.4, -0.2) is 34.2 Å². The Morgan fingerprint density at radius 3 is 2.81 bits per heavy atom. The van der Waals surface area contributed by atoms with Crippen LogP contribution in [0.2, 0.25) is 0 Å². The number of ether oxygens (including phenoxy) is 1. The first kappa shape index (κ1) is 16.4. The minimum Gasteiger partial charge on any atom is -0.374 e. The molecule has 1 aromatic rings. The lowest BCUT2D eigenvalue weighted by Gasteiger charge is -2.23. The van der Waals surface area contributed by atoms with Gasteiger partial charge in [-0.05, 0) is 45.0 Å². The van der Waals surface area contributed by atoms with E-state index >= 15 is 0 Å². The molecule has 0 aliphatic carbocycles. The van der Waals surface area contributed by atoms with Gasteiger partial charge in [0.2, 0.25) is 10.0 Å². The highest BCUT2D eigenvalue weighted by atomic mass is 32.2. The molecule has 1 fully saturated rings. The molecule has 1 aliphatic heterocycles. The van der Waals surface area contributed by atoms with Gasteiger partial charge in [-0.15, -0.1) is 0 Å². The van der Waals surface area contributed by atoms with Gasteiger partial charge in [0.25, 0.3) is 0 Å². The summed E-state index contributed by atoms with van der Waals surface area (Å²) >= 11 is 0. The van der Waals surface area contributed by atoms with Crippen molar-refractivity contribution >= 4 is 10.0 Å². The maximum atomic E-state index is 13.6. The summed E-state index contributed by atoms with van der Waals surface area (Å²) in [5.41, 5.74) is -0.135. The van der Waals surface area contributed by atoms with Crippen LogP contribution in [-0.2, 0) is 21.3 Å². The predicted octanol–water partition coefficient (Wildman–Crippen LogP) is 1.39. The zero-order chi connectivity index (χ0) is 15.5. The van der Waals surface area contributed by atoms with E-state index < -0.39 is 21.4 Å². The fourth-order valence-electron chi connectivity index (χ4n) is 2.35. The van der Waals surface area contributed by atoms with E-state index in [-0.39, 0.29) is 18.0 Å². The zero-order valence-corrected chi connectivity index (χ0v) is 13.1. The predicted molar refractivity (Wildman–Crippen MR) is 77.9 cm³/mol. The van der Waals surface area contributed by atoms with Crippen LogP contribution < -0.4 is 10.0 Å². The zero-order valence-electron chi connectivity index (χ0n) is 12.3. The van der Waals surface area contributed by atoms with Gasteiger partial charge in [-0.2, -0.15) is 0 Å². The molecule has 0 saturated carbocycles. The lowest BCUT2D eigenvalue weighted by molar-refractivity contribution is 0.0250. The first-order valence-electron chi connectivity index (χ1n) is 6.93. The van der Waals surface area contributed by atoms with E-state index in [1.165, 1.54) is 18.2 Å². The van der Waals surface area contributed by atoms with Gasteiger partial charge in [0.05, 0.1) is 10.5 Å². The molecule has 0 radical (unpaired) electrons. The summed E-state index contributed by atoms with van der Waals surface area (Å²) in [5, 5.41) is 2.81. The molecule has 0 spiro atoms. The monoisotopic (exact) mass is 316 g/mol. The van der Waals surface area contributed by atoms with Crippen molar-refractivity contribution in [1.82, 2.24) is 10.0 Å². The van der Waals surface area contributed by atoms with Crippen LogP contribution in [0.4, 0.5) is 4.39 Å². The second-order valence-electron chi connectivity index (χ2n) is 5.51. The van der Waals surface area contributed by atoms with E-state index in [9.17, 15) is 12.8 Å². The van der Waals surface area contributed by atoms with Gasteiger partial charge in [-0.1, -0.05) is 0 Å². The van der Waals surface area contributed by atoms with Crippen LogP contribution >= 0.6 is 0 Å². The highest BCUT2D eigenvalue weighted by Gasteiger charge is 2.31. The van der Waals surface area contributed by atoms with Gasteiger partial charge in [0.15, 0.2) is 0 Å². The minimum absolute atomic E-state index is 0.0655. The first-order chi connectivity index (χ1) is 9.86. The molecule has 1 saturated heterocycles. The third-order valence-electron chi connectivity index (χ3n) is 3.63. The summed E-state index contributed by atoms with van der Waals surface area (Å²) in [7, 11) is -1.99. The third kappa shape index (κ3) is 4.00. The van der Waals surface area contributed by atoms with E-state index in [4.69, 9.17) is 4.74 Å². The fourth-order valence-corrected chi connectivity index (χ4v) is 3.56. The quantitative estimate of drug-likeness (QED) is 0.832. The van der Waals surface area contributed by atoms with Crippen LogP contribution in [0.25, 0.3) is 0 Å². The van der Waals surface area contributed by atoms with Crippen LogP contribution in [0, 0.1) is 5.82 Å². The normalized spacial score (nSPS) is 22.6. The Bertz CT molecular complexity index is 598. The second-order valence-corrected chi connectivity index (χ2v) is 7.28. The molecule has 1 aliphatic rings. The first-order valence-corrected chi connectivity index (χ1v) is 8.41. The van der Waals surface area contributed by atoms with E-state index in [0.717, 1.165) is 12.8 Å². The second kappa shape index (κ2) is 6.39. The summed E-state index contributed by atoms with van der Waals surface area (Å²) in [6.07, 6.45) is 1.75.